The average Bonchev–Trinajstić information content (AvgIpc) is 1.75. The number of nitrogens with zero attached hydrogens (tertiary/aromatic N) is 7. The van der Waals surface area contributed by atoms with Crippen molar-refractivity contribution in [2.75, 3.05) is 39.3 Å². The highest BCUT2D eigenvalue weighted by atomic mass is 32.1. The zero-order valence-electron chi connectivity index (χ0n) is 86.4. The standard InChI is InChI=1S/C20H24N2S.2C18H23N3.2C18H23NO.2C17H22N2S/c1-2-19(23-5-1)18-4-3-14(12-21-18)13-22-20-9-15-6-16(10-20)8-17(7-15)11-20;2*1-2-16-17(19-3-1)7-15(21-16)11-20-18-8-12-4-13(9-18)6-14(5-12)10-18;2*1-2-20-17-7-15(6-16(1)17)11-19-18-8-12-3-13(9-18)5-14(4-12)10-18;2*1-2-20-16-6-14(19-15(1)16)10-18-17-7-11-3-12(8-17)5-13(4-11)9-17/h1-5,12,15-17,22H,6-11,13H2;2*1-3,12-14,20H,4-11H2;2*1-2,7,12-14,19H,3-6,8-11H2;2*1-2,11-13,18H,3-10H2. The summed E-state index contributed by atoms with van der Waals surface area (Å²) >= 11 is 5.47. The van der Waals surface area contributed by atoms with Crippen molar-refractivity contribution >= 4 is 91.8 Å². The van der Waals surface area contributed by atoms with Gasteiger partial charge in [0.2, 0.25) is 0 Å². The van der Waals surface area contributed by atoms with Gasteiger partial charge in [0, 0.05) is 173 Å². The number of hydrogen-bond donors (Lipinski definition) is 7. The molecule has 28 saturated carbocycles. The minimum Gasteiger partial charge on any atom is -0.465 e. The summed E-state index contributed by atoms with van der Waals surface area (Å²) in [5, 5.41) is 34.2. The van der Waals surface area contributed by atoms with Gasteiger partial charge in [0.25, 0.3) is 0 Å². The monoisotopic (exact) mass is 2000 g/mol. The average molecular weight is 2000 g/mol. The summed E-state index contributed by atoms with van der Waals surface area (Å²) in [6.45, 7) is 7.07. The van der Waals surface area contributed by atoms with Crippen LogP contribution in [0.15, 0.2) is 160 Å². The molecule has 30 aliphatic carbocycles. The lowest BCUT2D eigenvalue weighted by Crippen LogP contribution is -2.59. The largest absolute Gasteiger partial charge is 0.465 e. The quantitative estimate of drug-likeness (QED) is 0.0339. The number of rotatable bonds is 22. The number of aliphatic imine (C=N–C) groups is 4. The molecule has 8 aromatic rings. The third-order valence-electron chi connectivity index (χ3n) is 43.4. The molecule has 7 N–H and O–H groups in total. The first kappa shape index (κ1) is 94.0. The van der Waals surface area contributed by atoms with Crippen LogP contribution in [0, 0.1) is 124 Å². The van der Waals surface area contributed by atoms with Crippen molar-refractivity contribution in [3.63, 3.8) is 0 Å². The van der Waals surface area contributed by atoms with Gasteiger partial charge in [-0.15, -0.1) is 34.0 Å². The van der Waals surface area contributed by atoms with E-state index in [0.29, 0.717) is 38.8 Å². The van der Waals surface area contributed by atoms with E-state index in [4.69, 9.17) is 28.8 Å². The van der Waals surface area contributed by atoms with Crippen molar-refractivity contribution in [1.82, 2.24) is 52.2 Å². The van der Waals surface area contributed by atoms with E-state index in [9.17, 15) is 0 Å². The molecule has 0 spiro atoms. The lowest BCUT2D eigenvalue weighted by Gasteiger charge is -2.57. The highest BCUT2D eigenvalue weighted by Gasteiger charge is 2.58. The van der Waals surface area contributed by atoms with E-state index in [1.807, 2.05) is 59.7 Å². The number of hydrogen-bond acceptors (Lipinski definition) is 19. The summed E-state index contributed by atoms with van der Waals surface area (Å²) in [5.41, 5.74) is 23.7. The Morgan fingerprint density at radius 2 is 0.552 bits per heavy atom. The molecule has 28 bridgehead atoms. The molecule has 42 rings (SSSR count). The summed E-state index contributed by atoms with van der Waals surface area (Å²) in [6, 6.07) is 25.3. The molecular weight excluding hydrogens is 1840 g/mol. The van der Waals surface area contributed by atoms with E-state index in [1.54, 1.807) is 11.3 Å². The number of pyridine rings is 3. The van der Waals surface area contributed by atoms with Crippen LogP contribution in [-0.4, -0.2) is 116 Å². The van der Waals surface area contributed by atoms with Crippen molar-refractivity contribution in [3.05, 3.63) is 181 Å². The van der Waals surface area contributed by atoms with Crippen LogP contribution in [0.25, 0.3) is 22.7 Å². The fourth-order valence-electron chi connectivity index (χ4n) is 40.3. The van der Waals surface area contributed by atoms with E-state index < -0.39 is 0 Å². The molecule has 28 fully saturated rings. The predicted octanol–water partition coefficient (Wildman–Crippen LogP) is 26.8. The van der Waals surface area contributed by atoms with Crippen molar-refractivity contribution in [2.24, 2.45) is 144 Å². The summed E-state index contributed by atoms with van der Waals surface area (Å²) < 4.78 is 11.0. The number of aromatic nitrogens is 3. The van der Waals surface area contributed by atoms with Crippen molar-refractivity contribution in [1.29, 1.82) is 0 Å². The first-order valence-corrected chi connectivity index (χ1v) is 61.6. The van der Waals surface area contributed by atoms with Crippen LogP contribution in [0.3, 0.4) is 0 Å². The Labute approximate surface area is 874 Å². The maximum Gasteiger partial charge on any atom is 0.130 e. The predicted molar refractivity (Wildman–Crippen MR) is 590 cm³/mol. The lowest BCUT2D eigenvalue weighted by atomic mass is 9.53. The Morgan fingerprint density at radius 1 is 0.262 bits per heavy atom. The third-order valence-corrected chi connectivity index (χ3v) is 46.1. The maximum atomic E-state index is 5.50. The van der Waals surface area contributed by atoms with Gasteiger partial charge in [-0.05, 0) is 512 Å². The summed E-state index contributed by atoms with van der Waals surface area (Å²) in [4.78, 5) is 36.8. The van der Waals surface area contributed by atoms with Crippen LogP contribution >= 0.6 is 34.0 Å². The Morgan fingerprint density at radius 3 is 0.821 bits per heavy atom. The molecule has 145 heavy (non-hydrogen) atoms. The van der Waals surface area contributed by atoms with Crippen molar-refractivity contribution in [3.8, 4) is 10.6 Å². The fourth-order valence-corrected chi connectivity index (χ4v) is 42.7. The molecular formula is C126H160N14O2S3. The van der Waals surface area contributed by atoms with E-state index in [1.165, 1.54) is 346 Å². The molecule has 764 valence electrons. The smallest absolute Gasteiger partial charge is 0.130 e. The third kappa shape index (κ3) is 19.8. The van der Waals surface area contributed by atoms with E-state index >= 15 is 0 Å². The summed E-state index contributed by atoms with van der Waals surface area (Å²) in [5.74, 6) is 23.6. The lowest BCUT2D eigenvalue weighted by molar-refractivity contribution is -0.0206. The van der Waals surface area contributed by atoms with Gasteiger partial charge < -0.3 is 46.1 Å². The van der Waals surface area contributed by atoms with Crippen LogP contribution in [-0.2, 0) is 45.1 Å². The number of furan rings is 2. The molecule has 0 saturated heterocycles. The summed E-state index contributed by atoms with van der Waals surface area (Å²) in [6.07, 6.45) is 82.1. The summed E-state index contributed by atoms with van der Waals surface area (Å²) in [7, 11) is 0. The zero-order chi connectivity index (χ0) is 95.6. The molecule has 8 aromatic heterocycles. The minimum atomic E-state index is 0.444. The molecule has 34 aliphatic rings. The number of nitrogens with one attached hydrogen (secondary N) is 7. The second-order valence-corrected chi connectivity index (χ2v) is 57.7. The highest BCUT2D eigenvalue weighted by Crippen LogP contribution is 2.64. The van der Waals surface area contributed by atoms with Crippen LogP contribution in [0.5, 0.6) is 0 Å². The highest BCUT2D eigenvalue weighted by molar-refractivity contribution is 7.13. The van der Waals surface area contributed by atoms with Gasteiger partial charge in [-0.2, -0.15) is 0 Å². The molecule has 0 unspecified atom stereocenters. The Hall–Kier alpha value is -7.01. The van der Waals surface area contributed by atoms with E-state index in [-0.39, 0.29) is 0 Å². The number of fused-ring (bicyclic) bond motifs is 6. The number of thiophene rings is 3. The molecule has 0 amide bonds. The Bertz CT molecular complexity index is 5500. The van der Waals surface area contributed by atoms with Crippen LogP contribution in [0.4, 0.5) is 22.7 Å². The fraction of sp³-hybridized carbons (Fsp3) is 0.659. The SMILES string of the molecule is C1=C(CNC23CC4CC(CC(C4)C2)C3)Cc2ccoc21.C1=C(CNC23CC4CC(CC(C4)C2)C3)Cc2ccoc21.c1cc2c(s1)CC(CNC13CC4CC(CC(C4)C1)C3)=N2.c1cc2c(s1)CC(CNC13CC4CC(CC(C4)C1)C3)=N2.c1cnc2c(c1)N=C(CNC13CC4CC(CC(C4)C1)C3)C2.c1cnc2c(c1)N=C(CNC13CC4CC(CC(C4)C1)C3)C2.c1csc(-c2ccc(CNC34CC5CC(CC(C5)C3)C4)cn2)c1. The van der Waals surface area contributed by atoms with Crippen LogP contribution in [0.2, 0.25) is 0 Å². The van der Waals surface area contributed by atoms with Crippen molar-refractivity contribution < 1.29 is 8.83 Å². The topological polar surface area (TPSA) is 199 Å². The van der Waals surface area contributed by atoms with Gasteiger partial charge in [-0.1, -0.05) is 12.1 Å². The van der Waals surface area contributed by atoms with Crippen LogP contribution in [0.1, 0.15) is 319 Å². The molecule has 0 aromatic carbocycles. The Kier molecular flexibility index (Phi) is 24.9. The van der Waals surface area contributed by atoms with Gasteiger partial charge in [-0.25, -0.2) is 0 Å². The van der Waals surface area contributed by atoms with Gasteiger partial charge >= 0.3 is 0 Å². The van der Waals surface area contributed by atoms with E-state index in [0.717, 1.165) is 249 Å². The zero-order valence-corrected chi connectivity index (χ0v) is 88.8. The molecule has 4 aliphatic heterocycles. The maximum absolute atomic E-state index is 5.50. The molecule has 0 atom stereocenters. The molecule has 0 radical (unpaired) electrons. The molecule has 16 nitrogen and oxygen atoms in total. The van der Waals surface area contributed by atoms with Gasteiger partial charge in [0.15, 0.2) is 0 Å². The van der Waals surface area contributed by atoms with Gasteiger partial charge in [0.05, 0.1) is 57.2 Å². The van der Waals surface area contributed by atoms with Crippen molar-refractivity contribution in [2.45, 2.75) is 354 Å². The Balaban J connectivity index is 0.0000000803. The first-order chi connectivity index (χ1) is 71.0. The van der Waals surface area contributed by atoms with E-state index in [2.05, 4.69) is 147 Å². The van der Waals surface area contributed by atoms with Crippen LogP contribution < -0.4 is 37.2 Å². The second-order valence-electron chi connectivity index (χ2n) is 54.8. The van der Waals surface area contributed by atoms with Gasteiger partial charge in [-0.3, -0.25) is 34.9 Å². The normalized spacial score (nSPS) is 39.6. The van der Waals surface area contributed by atoms with Gasteiger partial charge in [0.1, 0.15) is 11.5 Å². The molecule has 12 heterocycles. The first-order valence-electron chi connectivity index (χ1n) is 59.0. The second kappa shape index (κ2) is 38.4. The minimum absolute atomic E-state index is 0.444. The molecule has 19 heteroatoms.